The van der Waals surface area contributed by atoms with Crippen LogP contribution in [0.3, 0.4) is 0 Å². The second-order valence-corrected chi connectivity index (χ2v) is 8.44. The summed E-state index contributed by atoms with van der Waals surface area (Å²) < 4.78 is 11.5. The van der Waals surface area contributed by atoms with E-state index in [0.29, 0.717) is 6.54 Å². The van der Waals surface area contributed by atoms with E-state index in [4.69, 9.17) is 9.47 Å². The summed E-state index contributed by atoms with van der Waals surface area (Å²) in [5, 5.41) is 0. The quantitative estimate of drug-likeness (QED) is 0.746. The van der Waals surface area contributed by atoms with E-state index in [1.54, 1.807) is 4.90 Å². The van der Waals surface area contributed by atoms with Crippen LogP contribution in [0.15, 0.2) is 0 Å². The molecule has 2 aliphatic rings. The molecule has 22 heavy (non-hydrogen) atoms. The Morgan fingerprint density at radius 1 is 1.27 bits per heavy atom. The van der Waals surface area contributed by atoms with Crippen molar-refractivity contribution in [1.82, 2.24) is 4.90 Å². The summed E-state index contributed by atoms with van der Waals surface area (Å²) in [6.45, 7) is 13.7. The minimum atomic E-state index is -0.795. The van der Waals surface area contributed by atoms with Gasteiger partial charge in [-0.05, 0) is 61.3 Å². The van der Waals surface area contributed by atoms with E-state index in [1.165, 1.54) is 0 Å². The van der Waals surface area contributed by atoms with Crippen molar-refractivity contribution >= 4 is 11.9 Å². The molecule has 0 aliphatic carbocycles. The lowest BCUT2D eigenvalue weighted by molar-refractivity contribution is -0.132. The minimum Gasteiger partial charge on any atom is -0.444 e. The van der Waals surface area contributed by atoms with Gasteiger partial charge in [0.2, 0.25) is 0 Å². The second-order valence-electron chi connectivity index (χ2n) is 8.44. The molecule has 0 aromatic rings. The van der Waals surface area contributed by atoms with Crippen LogP contribution in [0.25, 0.3) is 0 Å². The van der Waals surface area contributed by atoms with Gasteiger partial charge < -0.3 is 14.4 Å². The van der Waals surface area contributed by atoms with Gasteiger partial charge in [-0.15, -0.1) is 0 Å². The number of rotatable bonds is 1. The van der Waals surface area contributed by atoms with Gasteiger partial charge in [-0.1, -0.05) is 0 Å². The molecule has 2 heterocycles. The molecule has 0 aromatic heterocycles. The minimum absolute atomic E-state index is 0.0814. The van der Waals surface area contributed by atoms with Crippen molar-refractivity contribution in [3.63, 3.8) is 0 Å². The Morgan fingerprint density at radius 2 is 1.86 bits per heavy atom. The van der Waals surface area contributed by atoms with E-state index in [9.17, 15) is 9.59 Å². The Hall–Kier alpha value is -1.10. The zero-order chi connectivity index (χ0) is 16.9. The van der Waals surface area contributed by atoms with Crippen molar-refractivity contribution < 1.29 is 19.1 Å². The SMILES string of the molecule is CC(C)(C)OC(=O)N1CCCC1C1C(=O)C(C)(C)OC1(C)C. The molecule has 0 saturated carbocycles. The van der Waals surface area contributed by atoms with Crippen LogP contribution in [0, 0.1) is 5.92 Å². The van der Waals surface area contributed by atoms with E-state index >= 15 is 0 Å². The fourth-order valence-corrected chi connectivity index (χ4v) is 3.79. The fourth-order valence-electron chi connectivity index (χ4n) is 3.79. The van der Waals surface area contributed by atoms with Crippen molar-refractivity contribution in [3.8, 4) is 0 Å². The van der Waals surface area contributed by atoms with Gasteiger partial charge in [0.05, 0.1) is 11.5 Å². The van der Waals surface area contributed by atoms with Crippen LogP contribution in [-0.4, -0.2) is 46.2 Å². The van der Waals surface area contributed by atoms with E-state index in [2.05, 4.69) is 0 Å². The molecule has 0 spiro atoms. The summed E-state index contributed by atoms with van der Waals surface area (Å²) in [4.78, 5) is 27.0. The Kier molecular flexibility index (Phi) is 4.10. The van der Waals surface area contributed by atoms with Crippen LogP contribution in [-0.2, 0) is 14.3 Å². The lowest BCUT2D eigenvalue weighted by Crippen LogP contribution is -2.49. The summed E-state index contributed by atoms with van der Waals surface area (Å²) in [7, 11) is 0. The van der Waals surface area contributed by atoms with Gasteiger partial charge >= 0.3 is 6.09 Å². The van der Waals surface area contributed by atoms with Gasteiger partial charge in [-0.3, -0.25) is 4.79 Å². The van der Waals surface area contributed by atoms with E-state index in [0.717, 1.165) is 12.8 Å². The molecule has 2 atom stereocenters. The summed E-state index contributed by atoms with van der Waals surface area (Å²) >= 11 is 0. The Bertz CT molecular complexity index is 476. The number of amides is 1. The van der Waals surface area contributed by atoms with E-state index in [-0.39, 0.29) is 23.8 Å². The first-order valence-electron chi connectivity index (χ1n) is 8.09. The van der Waals surface area contributed by atoms with Gasteiger partial charge in [-0.2, -0.15) is 0 Å². The molecule has 2 saturated heterocycles. The lowest BCUT2D eigenvalue weighted by Gasteiger charge is -2.35. The predicted octanol–water partition coefficient (Wildman–Crippen LogP) is 3.16. The predicted molar refractivity (Wildman–Crippen MR) is 83.7 cm³/mol. The average molecular weight is 311 g/mol. The Balaban J connectivity index is 2.24. The first kappa shape index (κ1) is 17.3. The third-order valence-corrected chi connectivity index (χ3v) is 4.46. The highest BCUT2D eigenvalue weighted by molar-refractivity contribution is 5.92. The highest BCUT2D eigenvalue weighted by Crippen LogP contribution is 2.44. The molecule has 2 aliphatic heterocycles. The molecule has 0 N–H and O–H groups in total. The topological polar surface area (TPSA) is 55.8 Å². The number of carbonyl (C=O) groups excluding carboxylic acids is 2. The molecule has 0 aromatic carbocycles. The number of hydrogen-bond acceptors (Lipinski definition) is 4. The number of Topliss-reactive ketones (excluding diaryl/α,β-unsaturated/α-hetero) is 1. The molecular weight excluding hydrogens is 282 g/mol. The third-order valence-electron chi connectivity index (χ3n) is 4.46. The normalized spacial score (nSPS) is 30.7. The fraction of sp³-hybridized carbons (Fsp3) is 0.882. The van der Waals surface area contributed by atoms with Crippen LogP contribution in [0.5, 0.6) is 0 Å². The Morgan fingerprint density at radius 3 is 2.32 bits per heavy atom. The third kappa shape index (κ3) is 3.14. The van der Waals surface area contributed by atoms with Crippen LogP contribution >= 0.6 is 0 Å². The molecule has 1 amide bonds. The van der Waals surface area contributed by atoms with Crippen molar-refractivity contribution in [2.24, 2.45) is 5.92 Å². The number of hydrogen-bond donors (Lipinski definition) is 0. The number of carbonyl (C=O) groups is 2. The van der Waals surface area contributed by atoms with Crippen LogP contribution in [0.1, 0.15) is 61.3 Å². The Labute approximate surface area is 133 Å². The van der Waals surface area contributed by atoms with Crippen molar-refractivity contribution in [2.45, 2.75) is 84.2 Å². The number of nitrogens with zero attached hydrogens (tertiary/aromatic N) is 1. The smallest absolute Gasteiger partial charge is 0.410 e. The number of likely N-dealkylation sites (tertiary alicyclic amines) is 1. The molecule has 5 heteroatoms. The first-order chi connectivity index (χ1) is 9.85. The zero-order valence-electron chi connectivity index (χ0n) is 14.9. The standard InChI is InChI=1S/C17H29NO4/c1-15(2,3)21-14(20)18-10-8-9-11(18)12-13(19)17(6,7)22-16(12,4)5/h11-12H,8-10H2,1-7H3. The van der Waals surface area contributed by atoms with Gasteiger partial charge in [0.25, 0.3) is 0 Å². The van der Waals surface area contributed by atoms with Crippen molar-refractivity contribution in [1.29, 1.82) is 0 Å². The molecule has 2 rings (SSSR count). The van der Waals surface area contributed by atoms with Gasteiger partial charge in [0.1, 0.15) is 11.2 Å². The molecule has 2 unspecified atom stereocenters. The first-order valence-corrected chi connectivity index (χ1v) is 8.09. The second kappa shape index (κ2) is 5.22. The summed E-state index contributed by atoms with van der Waals surface area (Å²) in [5.74, 6) is -0.226. The maximum Gasteiger partial charge on any atom is 0.410 e. The monoisotopic (exact) mass is 311 g/mol. The summed E-state index contributed by atoms with van der Waals surface area (Å²) in [5.41, 5.74) is -1.90. The maximum absolute atomic E-state index is 12.8. The zero-order valence-corrected chi connectivity index (χ0v) is 14.9. The van der Waals surface area contributed by atoms with Crippen LogP contribution in [0.4, 0.5) is 4.79 Å². The highest BCUT2D eigenvalue weighted by Gasteiger charge is 2.58. The number of ether oxygens (including phenoxy) is 2. The van der Waals surface area contributed by atoms with Crippen LogP contribution in [0.2, 0.25) is 0 Å². The maximum atomic E-state index is 12.8. The molecule has 0 bridgehead atoms. The van der Waals surface area contributed by atoms with E-state index in [1.807, 2.05) is 48.5 Å². The van der Waals surface area contributed by atoms with Crippen molar-refractivity contribution in [2.75, 3.05) is 6.54 Å². The average Bonchev–Trinajstić information content (AvgIpc) is 2.78. The summed E-state index contributed by atoms with van der Waals surface area (Å²) in [6, 6.07) is -0.140. The number of ketones is 1. The van der Waals surface area contributed by atoms with Crippen molar-refractivity contribution in [3.05, 3.63) is 0 Å². The summed E-state index contributed by atoms with van der Waals surface area (Å²) in [6.07, 6.45) is 1.38. The molecule has 126 valence electrons. The van der Waals surface area contributed by atoms with Gasteiger partial charge in [0.15, 0.2) is 5.78 Å². The molecular formula is C17H29NO4. The van der Waals surface area contributed by atoms with Gasteiger partial charge in [-0.25, -0.2) is 4.79 Å². The highest BCUT2D eigenvalue weighted by atomic mass is 16.6. The lowest BCUT2D eigenvalue weighted by atomic mass is 9.79. The largest absolute Gasteiger partial charge is 0.444 e. The molecule has 5 nitrogen and oxygen atoms in total. The van der Waals surface area contributed by atoms with Gasteiger partial charge in [0, 0.05) is 12.6 Å². The molecule has 2 fully saturated rings. The molecule has 0 radical (unpaired) electrons. The van der Waals surface area contributed by atoms with E-state index < -0.39 is 16.8 Å². The van der Waals surface area contributed by atoms with Crippen LogP contribution < -0.4 is 0 Å².